The number of aryl methyl sites for hydroxylation is 1. The van der Waals surface area contributed by atoms with E-state index in [4.69, 9.17) is 0 Å². The number of nitrogens with zero attached hydrogens (tertiary/aromatic N) is 2. The first-order chi connectivity index (χ1) is 12.5. The van der Waals surface area contributed by atoms with E-state index < -0.39 is 12.0 Å². The van der Waals surface area contributed by atoms with Crippen LogP contribution in [0.3, 0.4) is 0 Å². The predicted molar refractivity (Wildman–Crippen MR) is 101 cm³/mol. The highest BCUT2D eigenvalue weighted by Crippen LogP contribution is 2.17. The SMILES string of the molecule is Cc1cccc([C@H](NC(=O)N2CCN(Cc3cccs3)CC2)C(=O)O)c1. The van der Waals surface area contributed by atoms with Gasteiger partial charge in [-0.1, -0.05) is 35.9 Å². The molecule has 2 amide bonds. The molecule has 2 N–H and O–H groups in total. The molecule has 1 aromatic carbocycles. The number of carboxylic acid groups (broad SMARTS) is 1. The van der Waals surface area contributed by atoms with Gasteiger partial charge < -0.3 is 15.3 Å². The van der Waals surface area contributed by atoms with E-state index in [1.54, 1.807) is 34.4 Å². The summed E-state index contributed by atoms with van der Waals surface area (Å²) in [6, 6.07) is 10.0. The summed E-state index contributed by atoms with van der Waals surface area (Å²) >= 11 is 1.73. The lowest BCUT2D eigenvalue weighted by Gasteiger charge is -2.35. The molecule has 1 aromatic heterocycles. The first-order valence-electron chi connectivity index (χ1n) is 8.62. The number of carbonyl (C=O) groups is 2. The first-order valence-corrected chi connectivity index (χ1v) is 9.50. The maximum absolute atomic E-state index is 12.5. The van der Waals surface area contributed by atoms with E-state index in [9.17, 15) is 14.7 Å². The first kappa shape index (κ1) is 18.4. The fourth-order valence-corrected chi connectivity index (χ4v) is 3.83. The van der Waals surface area contributed by atoms with Crippen molar-refractivity contribution < 1.29 is 14.7 Å². The van der Waals surface area contributed by atoms with Gasteiger partial charge in [0.25, 0.3) is 0 Å². The van der Waals surface area contributed by atoms with Crippen LogP contribution in [0.2, 0.25) is 0 Å². The number of carboxylic acids is 1. The maximum atomic E-state index is 12.5. The van der Waals surface area contributed by atoms with Crippen LogP contribution in [0.1, 0.15) is 22.0 Å². The minimum atomic E-state index is -1.06. The number of hydrogen-bond donors (Lipinski definition) is 2. The van der Waals surface area contributed by atoms with Crippen molar-refractivity contribution in [3.05, 3.63) is 57.8 Å². The van der Waals surface area contributed by atoms with Crippen LogP contribution < -0.4 is 5.32 Å². The summed E-state index contributed by atoms with van der Waals surface area (Å²) in [5, 5.41) is 14.2. The molecular formula is C19H23N3O3S. The highest BCUT2D eigenvalue weighted by atomic mass is 32.1. The van der Waals surface area contributed by atoms with Crippen molar-refractivity contribution in [1.82, 2.24) is 15.1 Å². The summed E-state index contributed by atoms with van der Waals surface area (Å²) in [5.41, 5.74) is 1.55. The van der Waals surface area contributed by atoms with E-state index in [2.05, 4.69) is 21.7 Å². The number of thiophene rings is 1. The number of benzene rings is 1. The number of piperazine rings is 1. The predicted octanol–water partition coefficient (Wildman–Crippen LogP) is 2.71. The number of aliphatic carboxylic acids is 1. The quantitative estimate of drug-likeness (QED) is 0.845. The minimum Gasteiger partial charge on any atom is -0.479 e. The summed E-state index contributed by atoms with van der Waals surface area (Å²) in [6.07, 6.45) is 0. The topological polar surface area (TPSA) is 72.9 Å². The lowest BCUT2D eigenvalue weighted by molar-refractivity contribution is -0.139. The molecule has 0 aliphatic carbocycles. The second-order valence-electron chi connectivity index (χ2n) is 6.48. The Kier molecular flexibility index (Phi) is 5.90. The van der Waals surface area contributed by atoms with Gasteiger partial charge >= 0.3 is 12.0 Å². The third-order valence-electron chi connectivity index (χ3n) is 4.51. The largest absolute Gasteiger partial charge is 0.479 e. The van der Waals surface area contributed by atoms with Crippen LogP contribution >= 0.6 is 11.3 Å². The minimum absolute atomic E-state index is 0.324. The molecule has 1 atom stereocenters. The molecule has 138 valence electrons. The standard InChI is InChI=1S/C19H23N3O3S/c1-14-4-2-5-15(12-14)17(18(23)24)20-19(25)22-9-7-21(8-10-22)13-16-6-3-11-26-16/h2-6,11-12,17H,7-10,13H2,1H3,(H,20,25)(H,23,24)/t17-/m0/s1. The van der Waals surface area contributed by atoms with E-state index in [1.807, 2.05) is 19.1 Å². The van der Waals surface area contributed by atoms with E-state index in [-0.39, 0.29) is 6.03 Å². The van der Waals surface area contributed by atoms with Gasteiger partial charge in [0, 0.05) is 37.6 Å². The van der Waals surface area contributed by atoms with Gasteiger partial charge in [-0.15, -0.1) is 11.3 Å². The van der Waals surface area contributed by atoms with Crippen LogP contribution in [0.5, 0.6) is 0 Å². The van der Waals surface area contributed by atoms with Gasteiger partial charge in [-0.3, -0.25) is 4.90 Å². The molecule has 1 saturated heterocycles. The molecule has 0 bridgehead atoms. The van der Waals surface area contributed by atoms with Crippen LogP contribution in [-0.2, 0) is 11.3 Å². The Morgan fingerprint density at radius 3 is 2.58 bits per heavy atom. The zero-order valence-electron chi connectivity index (χ0n) is 14.7. The van der Waals surface area contributed by atoms with Crippen LogP contribution in [0, 0.1) is 6.92 Å². The van der Waals surface area contributed by atoms with Gasteiger partial charge in [-0.2, -0.15) is 0 Å². The van der Waals surface area contributed by atoms with Crippen molar-refractivity contribution in [3.8, 4) is 0 Å². The molecule has 1 aliphatic rings. The zero-order chi connectivity index (χ0) is 18.5. The van der Waals surface area contributed by atoms with E-state index in [1.165, 1.54) is 4.88 Å². The molecule has 3 rings (SSSR count). The Hall–Kier alpha value is -2.38. The van der Waals surface area contributed by atoms with Crippen molar-refractivity contribution >= 4 is 23.3 Å². The van der Waals surface area contributed by atoms with Crippen molar-refractivity contribution in [2.45, 2.75) is 19.5 Å². The van der Waals surface area contributed by atoms with Crippen LogP contribution in [-0.4, -0.2) is 53.1 Å². The molecule has 0 spiro atoms. The molecule has 1 aliphatic heterocycles. The Morgan fingerprint density at radius 1 is 1.19 bits per heavy atom. The molecule has 2 aromatic rings. The molecule has 2 heterocycles. The summed E-state index contributed by atoms with van der Waals surface area (Å²) in [7, 11) is 0. The Labute approximate surface area is 157 Å². The molecule has 26 heavy (non-hydrogen) atoms. The second kappa shape index (κ2) is 8.33. The normalized spacial score (nSPS) is 16.3. The fraction of sp³-hybridized carbons (Fsp3) is 0.368. The summed E-state index contributed by atoms with van der Waals surface area (Å²) in [4.78, 5) is 29.5. The number of nitrogens with one attached hydrogen (secondary N) is 1. The van der Waals surface area contributed by atoms with Gasteiger partial charge in [-0.25, -0.2) is 9.59 Å². The molecule has 7 heteroatoms. The number of urea groups is 1. The Bertz CT molecular complexity index is 755. The van der Waals surface area contributed by atoms with Crippen molar-refractivity contribution in [3.63, 3.8) is 0 Å². The van der Waals surface area contributed by atoms with Crippen LogP contribution in [0.25, 0.3) is 0 Å². The van der Waals surface area contributed by atoms with Gasteiger partial charge in [0.1, 0.15) is 0 Å². The number of rotatable bonds is 5. The average molecular weight is 373 g/mol. The lowest BCUT2D eigenvalue weighted by Crippen LogP contribution is -2.52. The third-order valence-corrected chi connectivity index (χ3v) is 5.37. The summed E-state index contributed by atoms with van der Waals surface area (Å²) < 4.78 is 0. The Balaban J connectivity index is 1.56. The van der Waals surface area contributed by atoms with Gasteiger partial charge in [0.05, 0.1) is 0 Å². The van der Waals surface area contributed by atoms with Crippen molar-refractivity contribution in [1.29, 1.82) is 0 Å². The van der Waals surface area contributed by atoms with E-state index in [0.717, 1.165) is 25.2 Å². The highest BCUT2D eigenvalue weighted by molar-refractivity contribution is 7.09. The van der Waals surface area contributed by atoms with E-state index in [0.29, 0.717) is 18.7 Å². The van der Waals surface area contributed by atoms with Crippen molar-refractivity contribution in [2.75, 3.05) is 26.2 Å². The summed E-state index contributed by atoms with van der Waals surface area (Å²) in [5.74, 6) is -1.06. The summed E-state index contributed by atoms with van der Waals surface area (Å²) in [6.45, 7) is 5.56. The molecule has 0 radical (unpaired) electrons. The smallest absolute Gasteiger partial charge is 0.330 e. The average Bonchev–Trinajstić information content (AvgIpc) is 3.13. The van der Waals surface area contributed by atoms with Gasteiger partial charge in [0.2, 0.25) is 0 Å². The molecule has 6 nitrogen and oxygen atoms in total. The molecule has 0 saturated carbocycles. The monoisotopic (exact) mass is 373 g/mol. The van der Waals surface area contributed by atoms with Gasteiger partial charge in [-0.05, 0) is 23.9 Å². The molecular weight excluding hydrogens is 350 g/mol. The Morgan fingerprint density at radius 2 is 1.96 bits per heavy atom. The number of hydrogen-bond acceptors (Lipinski definition) is 4. The molecule has 0 unspecified atom stereocenters. The lowest BCUT2D eigenvalue weighted by atomic mass is 10.0. The van der Waals surface area contributed by atoms with Crippen LogP contribution in [0.4, 0.5) is 4.79 Å². The number of carbonyl (C=O) groups excluding carboxylic acids is 1. The van der Waals surface area contributed by atoms with Crippen LogP contribution in [0.15, 0.2) is 41.8 Å². The third kappa shape index (κ3) is 4.62. The van der Waals surface area contributed by atoms with E-state index >= 15 is 0 Å². The van der Waals surface area contributed by atoms with Crippen molar-refractivity contribution in [2.24, 2.45) is 0 Å². The highest BCUT2D eigenvalue weighted by Gasteiger charge is 2.27. The molecule has 1 fully saturated rings. The number of amides is 2. The zero-order valence-corrected chi connectivity index (χ0v) is 15.5. The fourth-order valence-electron chi connectivity index (χ4n) is 3.08. The second-order valence-corrected chi connectivity index (χ2v) is 7.51. The van der Waals surface area contributed by atoms with Gasteiger partial charge in [0.15, 0.2) is 6.04 Å². The maximum Gasteiger partial charge on any atom is 0.330 e.